The van der Waals surface area contributed by atoms with Crippen molar-refractivity contribution >= 4 is 5.97 Å². The molecule has 2 N–H and O–H groups in total. The molecule has 0 bridgehead atoms. The molecule has 0 fully saturated rings. The van der Waals surface area contributed by atoms with Crippen molar-refractivity contribution in [2.75, 3.05) is 14.2 Å². The minimum Gasteiger partial charge on any atom is -0.493 e. The van der Waals surface area contributed by atoms with E-state index in [0.717, 1.165) is 11.1 Å². The number of methoxy groups -OCH3 is 2. The van der Waals surface area contributed by atoms with Crippen LogP contribution in [0, 0.1) is 0 Å². The van der Waals surface area contributed by atoms with E-state index in [0.29, 0.717) is 23.6 Å². The van der Waals surface area contributed by atoms with Crippen LogP contribution in [0.1, 0.15) is 34.5 Å². The first-order valence-corrected chi connectivity index (χ1v) is 7.32. The van der Waals surface area contributed by atoms with Crippen molar-refractivity contribution in [2.24, 2.45) is 0 Å². The first kappa shape index (κ1) is 16.8. The fourth-order valence-electron chi connectivity index (χ4n) is 2.28. The van der Waals surface area contributed by atoms with Gasteiger partial charge in [0.15, 0.2) is 11.5 Å². The molecule has 1 atom stereocenters. The molecular formula is C18H21NO4. The molecule has 1 unspecified atom stereocenters. The van der Waals surface area contributed by atoms with Gasteiger partial charge in [0.1, 0.15) is 0 Å². The molecule has 2 aromatic carbocycles. The molecule has 0 spiro atoms. The number of aromatic carboxylic acids is 1. The second-order valence-electron chi connectivity index (χ2n) is 5.22. The molecule has 2 rings (SSSR count). The van der Waals surface area contributed by atoms with E-state index in [9.17, 15) is 4.79 Å². The van der Waals surface area contributed by atoms with E-state index in [2.05, 4.69) is 12.2 Å². The molecule has 0 saturated carbocycles. The van der Waals surface area contributed by atoms with Gasteiger partial charge < -0.3 is 19.9 Å². The summed E-state index contributed by atoms with van der Waals surface area (Å²) in [6, 6.07) is 12.8. The van der Waals surface area contributed by atoms with Crippen LogP contribution in [0.4, 0.5) is 0 Å². The second-order valence-corrected chi connectivity index (χ2v) is 5.22. The number of rotatable bonds is 7. The predicted octanol–water partition coefficient (Wildman–Crippen LogP) is 3.25. The van der Waals surface area contributed by atoms with E-state index in [-0.39, 0.29) is 6.04 Å². The summed E-state index contributed by atoms with van der Waals surface area (Å²) < 4.78 is 10.6. The van der Waals surface area contributed by atoms with Gasteiger partial charge in [0.25, 0.3) is 0 Å². The second kappa shape index (κ2) is 7.65. The van der Waals surface area contributed by atoms with Gasteiger partial charge in [0.05, 0.1) is 19.8 Å². The van der Waals surface area contributed by atoms with Crippen LogP contribution in [0.3, 0.4) is 0 Å². The summed E-state index contributed by atoms with van der Waals surface area (Å²) in [4.78, 5) is 10.8. The lowest BCUT2D eigenvalue weighted by atomic mass is 10.1. The number of hydrogen-bond donors (Lipinski definition) is 2. The van der Waals surface area contributed by atoms with Crippen LogP contribution in [0.25, 0.3) is 0 Å². The predicted molar refractivity (Wildman–Crippen MR) is 88.2 cm³/mol. The highest BCUT2D eigenvalue weighted by Crippen LogP contribution is 2.29. The van der Waals surface area contributed by atoms with Crippen molar-refractivity contribution in [3.63, 3.8) is 0 Å². The van der Waals surface area contributed by atoms with E-state index in [4.69, 9.17) is 14.6 Å². The average Bonchev–Trinajstić information content (AvgIpc) is 2.59. The smallest absolute Gasteiger partial charge is 0.335 e. The van der Waals surface area contributed by atoms with E-state index < -0.39 is 5.97 Å². The van der Waals surface area contributed by atoms with Gasteiger partial charge in [-0.3, -0.25) is 0 Å². The van der Waals surface area contributed by atoms with Crippen molar-refractivity contribution in [1.29, 1.82) is 0 Å². The van der Waals surface area contributed by atoms with Gasteiger partial charge >= 0.3 is 5.97 Å². The Morgan fingerprint density at radius 1 is 1.09 bits per heavy atom. The molecular weight excluding hydrogens is 294 g/mol. The van der Waals surface area contributed by atoms with Crippen molar-refractivity contribution in [2.45, 2.75) is 19.5 Å². The lowest BCUT2D eigenvalue weighted by molar-refractivity contribution is 0.0697. The standard InChI is InChI=1S/C18H21NO4/c1-12(15-8-9-16(22-2)17(10-15)23-3)19-11-13-4-6-14(7-5-13)18(20)21/h4-10,12,19H,11H2,1-3H3,(H,20,21). The van der Waals surface area contributed by atoms with Crippen molar-refractivity contribution in [3.05, 3.63) is 59.2 Å². The average molecular weight is 315 g/mol. The molecule has 0 radical (unpaired) electrons. The highest BCUT2D eigenvalue weighted by atomic mass is 16.5. The maximum Gasteiger partial charge on any atom is 0.335 e. The molecule has 23 heavy (non-hydrogen) atoms. The molecule has 0 aromatic heterocycles. The zero-order chi connectivity index (χ0) is 16.8. The van der Waals surface area contributed by atoms with Gasteiger partial charge in [0.2, 0.25) is 0 Å². The first-order valence-electron chi connectivity index (χ1n) is 7.32. The van der Waals surface area contributed by atoms with Crippen molar-refractivity contribution in [1.82, 2.24) is 5.32 Å². The first-order chi connectivity index (χ1) is 11.0. The molecule has 5 nitrogen and oxygen atoms in total. The zero-order valence-corrected chi connectivity index (χ0v) is 13.5. The molecule has 0 aliphatic rings. The zero-order valence-electron chi connectivity index (χ0n) is 13.5. The summed E-state index contributed by atoms with van der Waals surface area (Å²) in [5.41, 5.74) is 2.41. The van der Waals surface area contributed by atoms with E-state index in [1.165, 1.54) is 0 Å². The minimum atomic E-state index is -0.914. The van der Waals surface area contributed by atoms with Gasteiger partial charge in [-0.1, -0.05) is 18.2 Å². The van der Waals surface area contributed by atoms with E-state index in [1.54, 1.807) is 26.4 Å². The Bertz CT molecular complexity index is 667. The maximum absolute atomic E-state index is 10.8. The SMILES string of the molecule is COc1ccc(C(C)NCc2ccc(C(=O)O)cc2)cc1OC. The van der Waals surface area contributed by atoms with Crippen LogP contribution in [0.15, 0.2) is 42.5 Å². The summed E-state index contributed by atoms with van der Waals surface area (Å²) in [5.74, 6) is 0.486. The Morgan fingerprint density at radius 3 is 2.30 bits per heavy atom. The van der Waals surface area contributed by atoms with Crippen LogP contribution in [-0.2, 0) is 6.54 Å². The normalized spacial score (nSPS) is 11.8. The Labute approximate surface area is 135 Å². The molecule has 0 saturated heterocycles. The third-order valence-electron chi connectivity index (χ3n) is 3.72. The molecule has 0 aliphatic carbocycles. The molecule has 5 heteroatoms. The Kier molecular flexibility index (Phi) is 5.60. The highest BCUT2D eigenvalue weighted by molar-refractivity contribution is 5.87. The number of benzene rings is 2. The Balaban J connectivity index is 2.01. The van der Waals surface area contributed by atoms with Gasteiger partial charge in [-0.15, -0.1) is 0 Å². The van der Waals surface area contributed by atoms with Crippen LogP contribution in [0.5, 0.6) is 11.5 Å². The lowest BCUT2D eigenvalue weighted by Gasteiger charge is -2.16. The topological polar surface area (TPSA) is 67.8 Å². The number of hydrogen-bond acceptors (Lipinski definition) is 4. The van der Waals surface area contributed by atoms with Crippen LogP contribution in [-0.4, -0.2) is 25.3 Å². The number of carboxylic acid groups (broad SMARTS) is 1. The minimum absolute atomic E-state index is 0.119. The van der Waals surface area contributed by atoms with E-state index in [1.807, 2.05) is 30.3 Å². The Morgan fingerprint density at radius 2 is 1.74 bits per heavy atom. The van der Waals surface area contributed by atoms with Gasteiger partial charge in [0, 0.05) is 12.6 Å². The summed E-state index contributed by atoms with van der Waals surface area (Å²) in [6.07, 6.45) is 0. The van der Waals surface area contributed by atoms with Crippen molar-refractivity contribution < 1.29 is 19.4 Å². The molecule has 122 valence electrons. The van der Waals surface area contributed by atoms with Gasteiger partial charge in [-0.05, 0) is 42.3 Å². The summed E-state index contributed by atoms with van der Waals surface area (Å²) >= 11 is 0. The van der Waals surface area contributed by atoms with Crippen LogP contribution < -0.4 is 14.8 Å². The quantitative estimate of drug-likeness (QED) is 0.821. The van der Waals surface area contributed by atoms with Gasteiger partial charge in [-0.2, -0.15) is 0 Å². The third-order valence-corrected chi connectivity index (χ3v) is 3.72. The Hall–Kier alpha value is -2.53. The number of nitrogens with one attached hydrogen (secondary N) is 1. The largest absolute Gasteiger partial charge is 0.493 e. The fourth-order valence-corrected chi connectivity index (χ4v) is 2.28. The number of carboxylic acids is 1. The number of carbonyl (C=O) groups is 1. The summed E-state index contributed by atoms with van der Waals surface area (Å²) in [6.45, 7) is 2.71. The molecule has 2 aromatic rings. The lowest BCUT2D eigenvalue weighted by Crippen LogP contribution is -2.18. The van der Waals surface area contributed by atoms with Crippen LogP contribution >= 0.6 is 0 Å². The van der Waals surface area contributed by atoms with Gasteiger partial charge in [-0.25, -0.2) is 4.79 Å². The fraction of sp³-hybridized carbons (Fsp3) is 0.278. The monoisotopic (exact) mass is 315 g/mol. The number of ether oxygens (including phenoxy) is 2. The molecule has 0 heterocycles. The van der Waals surface area contributed by atoms with Crippen LogP contribution in [0.2, 0.25) is 0 Å². The summed E-state index contributed by atoms with van der Waals surface area (Å²) in [5, 5.41) is 12.3. The molecule has 0 aliphatic heterocycles. The van der Waals surface area contributed by atoms with E-state index >= 15 is 0 Å². The van der Waals surface area contributed by atoms with Crippen molar-refractivity contribution in [3.8, 4) is 11.5 Å². The molecule has 0 amide bonds. The highest BCUT2D eigenvalue weighted by Gasteiger charge is 2.10. The maximum atomic E-state index is 10.8. The third kappa shape index (κ3) is 4.23. The summed E-state index contributed by atoms with van der Waals surface area (Å²) in [7, 11) is 3.23.